The second-order valence-corrected chi connectivity index (χ2v) is 7.63. The van der Waals surface area contributed by atoms with Crippen LogP contribution >= 0.6 is 24.0 Å². The summed E-state index contributed by atoms with van der Waals surface area (Å²) in [6, 6.07) is 23.8. The quantitative estimate of drug-likeness (QED) is 0.366. The van der Waals surface area contributed by atoms with E-state index < -0.39 is 0 Å². The summed E-state index contributed by atoms with van der Waals surface area (Å²) < 4.78 is 1.33. The highest BCUT2D eigenvalue weighted by atomic mass is 32.1. The van der Waals surface area contributed by atoms with E-state index in [0.29, 0.717) is 0 Å². The van der Waals surface area contributed by atoms with Crippen LogP contribution in [-0.2, 0) is 0 Å². The molecule has 0 N–H and O–H groups in total. The summed E-state index contributed by atoms with van der Waals surface area (Å²) in [7, 11) is 0. The van der Waals surface area contributed by atoms with Crippen molar-refractivity contribution < 1.29 is 0 Å². The minimum Gasteiger partial charge on any atom is -0.143 e. The first-order valence-corrected chi connectivity index (χ1v) is 9.29. The van der Waals surface area contributed by atoms with E-state index in [9.17, 15) is 0 Å². The van der Waals surface area contributed by atoms with Gasteiger partial charge in [0.15, 0.2) is 0 Å². The van der Waals surface area contributed by atoms with E-state index in [-0.39, 0.29) is 0 Å². The summed E-state index contributed by atoms with van der Waals surface area (Å²) in [6.07, 6.45) is 0. The number of thiophene rings is 1. The van der Waals surface area contributed by atoms with Gasteiger partial charge >= 0.3 is 0 Å². The largest absolute Gasteiger partial charge is 0.143 e. The standard InChI is InChI=1S/C22H18S2/c1-14-8-10-16(11-9-14)20-18-12-13-19(23)15(2)21(18)24-22(20)17-6-4-3-5-7-17/h3-13,23H,1-2H3. The maximum absolute atomic E-state index is 4.61. The lowest BCUT2D eigenvalue weighted by Crippen LogP contribution is -1.82. The molecule has 24 heavy (non-hydrogen) atoms. The Morgan fingerprint density at radius 1 is 0.750 bits per heavy atom. The van der Waals surface area contributed by atoms with Gasteiger partial charge in [0.25, 0.3) is 0 Å². The molecule has 0 aliphatic heterocycles. The van der Waals surface area contributed by atoms with Crippen molar-refractivity contribution in [2.24, 2.45) is 0 Å². The van der Waals surface area contributed by atoms with Crippen LogP contribution in [0.5, 0.6) is 0 Å². The molecule has 0 unspecified atom stereocenters. The van der Waals surface area contributed by atoms with Gasteiger partial charge in [0, 0.05) is 25.4 Å². The van der Waals surface area contributed by atoms with Gasteiger partial charge in [-0.05, 0) is 36.6 Å². The molecule has 0 aliphatic rings. The van der Waals surface area contributed by atoms with E-state index >= 15 is 0 Å². The zero-order valence-corrected chi connectivity index (χ0v) is 15.4. The second kappa shape index (κ2) is 6.12. The van der Waals surface area contributed by atoms with Crippen LogP contribution < -0.4 is 0 Å². The van der Waals surface area contributed by atoms with Crippen molar-refractivity contribution in [1.29, 1.82) is 0 Å². The smallest absolute Gasteiger partial charge is 0.0433 e. The van der Waals surface area contributed by atoms with Crippen LogP contribution in [0.25, 0.3) is 31.7 Å². The molecule has 118 valence electrons. The van der Waals surface area contributed by atoms with Crippen LogP contribution in [0, 0.1) is 13.8 Å². The fourth-order valence-corrected chi connectivity index (χ4v) is 4.68. The fourth-order valence-electron chi connectivity index (χ4n) is 3.08. The highest BCUT2D eigenvalue weighted by Gasteiger charge is 2.17. The van der Waals surface area contributed by atoms with Crippen molar-refractivity contribution in [3.63, 3.8) is 0 Å². The molecule has 0 aliphatic carbocycles. The molecule has 0 spiro atoms. The van der Waals surface area contributed by atoms with Crippen molar-refractivity contribution >= 4 is 34.1 Å². The summed E-state index contributed by atoms with van der Waals surface area (Å²) in [5, 5.41) is 1.32. The van der Waals surface area contributed by atoms with Gasteiger partial charge in [-0.15, -0.1) is 24.0 Å². The molecule has 0 atom stereocenters. The van der Waals surface area contributed by atoms with Crippen molar-refractivity contribution in [2.75, 3.05) is 0 Å². The summed E-state index contributed by atoms with van der Waals surface area (Å²) in [6.45, 7) is 4.29. The van der Waals surface area contributed by atoms with Crippen LogP contribution in [0.1, 0.15) is 11.1 Å². The Balaban J connectivity index is 2.09. The number of aryl methyl sites for hydroxylation is 2. The molecular formula is C22H18S2. The van der Waals surface area contributed by atoms with Gasteiger partial charge < -0.3 is 0 Å². The lowest BCUT2D eigenvalue weighted by molar-refractivity contribution is 1.37. The first-order chi connectivity index (χ1) is 11.6. The molecule has 0 fully saturated rings. The maximum Gasteiger partial charge on any atom is 0.0433 e. The lowest BCUT2D eigenvalue weighted by Gasteiger charge is -2.07. The SMILES string of the molecule is Cc1ccc(-c2c(-c3ccccc3)sc3c(C)c(S)ccc23)cc1. The number of rotatable bonds is 2. The van der Waals surface area contributed by atoms with Gasteiger partial charge in [-0.3, -0.25) is 0 Å². The van der Waals surface area contributed by atoms with Crippen LogP contribution in [0.4, 0.5) is 0 Å². The van der Waals surface area contributed by atoms with Gasteiger partial charge in [-0.25, -0.2) is 0 Å². The molecule has 4 rings (SSSR count). The first-order valence-electron chi connectivity index (χ1n) is 8.02. The molecule has 1 heterocycles. The van der Waals surface area contributed by atoms with E-state index in [1.165, 1.54) is 42.8 Å². The highest BCUT2D eigenvalue weighted by Crippen LogP contribution is 2.46. The molecule has 0 saturated carbocycles. The zero-order chi connectivity index (χ0) is 16.7. The number of benzene rings is 3. The fraction of sp³-hybridized carbons (Fsp3) is 0.0909. The molecular weight excluding hydrogens is 328 g/mol. The molecule has 1 aromatic heterocycles. The Morgan fingerprint density at radius 3 is 2.17 bits per heavy atom. The van der Waals surface area contributed by atoms with Gasteiger partial charge in [0.2, 0.25) is 0 Å². The van der Waals surface area contributed by atoms with E-state index in [4.69, 9.17) is 0 Å². The number of thiol groups is 1. The third-order valence-electron chi connectivity index (χ3n) is 4.45. The van der Waals surface area contributed by atoms with Crippen LogP contribution in [-0.4, -0.2) is 0 Å². The molecule has 0 amide bonds. The minimum atomic E-state index is 1.05. The van der Waals surface area contributed by atoms with Crippen molar-refractivity contribution in [1.82, 2.24) is 0 Å². The third-order valence-corrected chi connectivity index (χ3v) is 6.31. The molecule has 0 saturated heterocycles. The highest BCUT2D eigenvalue weighted by molar-refractivity contribution is 7.80. The second-order valence-electron chi connectivity index (χ2n) is 6.12. The number of hydrogen-bond donors (Lipinski definition) is 1. The Bertz CT molecular complexity index is 1010. The average Bonchev–Trinajstić information content (AvgIpc) is 3.00. The van der Waals surface area contributed by atoms with Gasteiger partial charge in [0.05, 0.1) is 0 Å². The summed E-state index contributed by atoms with van der Waals surface area (Å²) in [5.74, 6) is 0. The molecule has 0 radical (unpaired) electrons. The van der Waals surface area contributed by atoms with E-state index in [1.807, 2.05) is 11.3 Å². The van der Waals surface area contributed by atoms with Crippen LogP contribution in [0.15, 0.2) is 71.6 Å². The summed E-state index contributed by atoms with van der Waals surface area (Å²) >= 11 is 6.48. The Kier molecular flexibility index (Phi) is 3.95. The lowest BCUT2D eigenvalue weighted by atomic mass is 9.97. The Morgan fingerprint density at radius 2 is 1.46 bits per heavy atom. The van der Waals surface area contributed by atoms with Crippen molar-refractivity contribution in [3.8, 4) is 21.6 Å². The minimum absolute atomic E-state index is 1.05. The number of fused-ring (bicyclic) bond motifs is 1. The zero-order valence-electron chi connectivity index (χ0n) is 13.7. The van der Waals surface area contributed by atoms with Gasteiger partial charge in [-0.1, -0.05) is 66.2 Å². The third kappa shape index (κ3) is 2.56. The van der Waals surface area contributed by atoms with Gasteiger partial charge in [0.1, 0.15) is 0 Å². The van der Waals surface area contributed by atoms with E-state index in [0.717, 1.165) is 4.90 Å². The van der Waals surface area contributed by atoms with Crippen molar-refractivity contribution in [2.45, 2.75) is 18.7 Å². The molecule has 3 aromatic carbocycles. The van der Waals surface area contributed by atoms with Crippen molar-refractivity contribution in [3.05, 3.63) is 77.9 Å². The molecule has 0 nitrogen and oxygen atoms in total. The molecule has 4 aromatic rings. The van der Waals surface area contributed by atoms with E-state index in [1.54, 1.807) is 0 Å². The van der Waals surface area contributed by atoms with Gasteiger partial charge in [-0.2, -0.15) is 0 Å². The average molecular weight is 347 g/mol. The predicted octanol–water partition coefficient (Wildman–Crippen LogP) is 7.14. The monoisotopic (exact) mass is 346 g/mol. The Labute approximate surface area is 152 Å². The normalized spacial score (nSPS) is 11.1. The molecule has 0 bridgehead atoms. The Hall–Kier alpha value is -2.03. The molecule has 2 heteroatoms. The van der Waals surface area contributed by atoms with Crippen LogP contribution in [0.3, 0.4) is 0 Å². The van der Waals surface area contributed by atoms with E-state index in [2.05, 4.69) is 93.2 Å². The summed E-state index contributed by atoms with van der Waals surface area (Å²) in [4.78, 5) is 2.38. The summed E-state index contributed by atoms with van der Waals surface area (Å²) in [5.41, 5.74) is 6.42. The van der Waals surface area contributed by atoms with Crippen LogP contribution in [0.2, 0.25) is 0 Å². The first kappa shape index (κ1) is 15.5. The topological polar surface area (TPSA) is 0 Å². The predicted molar refractivity (Wildman–Crippen MR) is 109 cm³/mol. The number of hydrogen-bond acceptors (Lipinski definition) is 2. The maximum atomic E-state index is 4.61.